The van der Waals surface area contributed by atoms with Gasteiger partial charge >= 0.3 is 0 Å². The summed E-state index contributed by atoms with van der Waals surface area (Å²) in [6, 6.07) is 13.6. The van der Waals surface area contributed by atoms with Crippen LogP contribution in [0.1, 0.15) is 35.7 Å². The second-order valence-corrected chi connectivity index (χ2v) is 6.89. The fraction of sp³-hybridized carbons (Fsp3) is 0.375. The number of nitrogens with one attached hydrogen (secondary N) is 1. The Morgan fingerprint density at radius 2 is 2.11 bits per heavy atom. The van der Waals surface area contributed by atoms with E-state index in [1.165, 1.54) is 21.3 Å². The maximum Gasteiger partial charge on any atom is 0.0460 e. The molecule has 1 N–H and O–H groups in total. The lowest BCUT2D eigenvalue weighted by Gasteiger charge is -2.17. The Bertz CT molecular complexity index is 537. The summed E-state index contributed by atoms with van der Waals surface area (Å²) in [7, 11) is 0. The van der Waals surface area contributed by atoms with Gasteiger partial charge in [0.25, 0.3) is 0 Å². The number of hydrogen-bond acceptors (Lipinski definition) is 2. The fourth-order valence-electron chi connectivity index (χ4n) is 2.85. The highest BCUT2D eigenvalue weighted by atomic mass is 79.9. The second-order valence-electron chi connectivity index (χ2n) is 5.08. The average Bonchev–Trinajstić information content (AvgIpc) is 3.12. The van der Waals surface area contributed by atoms with E-state index >= 15 is 0 Å². The van der Waals surface area contributed by atoms with Crippen molar-refractivity contribution in [3.05, 3.63) is 56.7 Å². The van der Waals surface area contributed by atoms with Crippen molar-refractivity contribution in [2.45, 2.75) is 25.3 Å². The van der Waals surface area contributed by atoms with Gasteiger partial charge in [-0.1, -0.05) is 37.3 Å². The molecule has 1 heterocycles. The summed E-state index contributed by atoms with van der Waals surface area (Å²) in [5, 5.41) is 5.84. The molecular formula is C16H18BrNS. The van der Waals surface area contributed by atoms with Gasteiger partial charge in [0.05, 0.1) is 0 Å². The molecule has 1 aliphatic carbocycles. The van der Waals surface area contributed by atoms with E-state index in [2.05, 4.69) is 69.9 Å². The third kappa shape index (κ3) is 2.78. The zero-order chi connectivity index (χ0) is 13.2. The Balaban J connectivity index is 1.79. The van der Waals surface area contributed by atoms with E-state index in [9.17, 15) is 0 Å². The lowest BCUT2D eigenvalue weighted by molar-refractivity contribution is 0.493. The molecule has 1 aliphatic rings. The maximum atomic E-state index is 3.68. The summed E-state index contributed by atoms with van der Waals surface area (Å²) in [5.41, 5.74) is 1.49. The molecule has 0 spiro atoms. The minimum absolute atomic E-state index is 0.490. The van der Waals surface area contributed by atoms with Gasteiger partial charge in [0.2, 0.25) is 0 Å². The molecule has 0 bridgehead atoms. The van der Waals surface area contributed by atoms with Crippen molar-refractivity contribution < 1.29 is 0 Å². The van der Waals surface area contributed by atoms with Crippen LogP contribution in [0.5, 0.6) is 0 Å². The first-order valence-corrected chi connectivity index (χ1v) is 8.49. The molecule has 1 nitrogen and oxygen atoms in total. The van der Waals surface area contributed by atoms with Gasteiger partial charge in [0, 0.05) is 15.4 Å². The molecule has 3 unspecified atom stereocenters. The minimum Gasteiger partial charge on any atom is -0.309 e. The molecule has 1 fully saturated rings. The van der Waals surface area contributed by atoms with Gasteiger partial charge < -0.3 is 5.32 Å². The van der Waals surface area contributed by atoms with Gasteiger partial charge in [-0.05, 0) is 57.7 Å². The monoisotopic (exact) mass is 335 g/mol. The number of benzene rings is 1. The Kier molecular flexibility index (Phi) is 4.06. The second kappa shape index (κ2) is 5.78. The van der Waals surface area contributed by atoms with Crippen LogP contribution in [-0.2, 0) is 0 Å². The van der Waals surface area contributed by atoms with Crippen LogP contribution in [0.15, 0.2) is 46.3 Å². The van der Waals surface area contributed by atoms with Crippen LogP contribution >= 0.6 is 27.3 Å². The van der Waals surface area contributed by atoms with E-state index in [1.807, 2.05) is 11.3 Å². The third-order valence-electron chi connectivity index (χ3n) is 3.85. The SMILES string of the molecule is CCNC(c1sccc1Br)C1CC1c1ccccc1. The van der Waals surface area contributed by atoms with Crippen molar-refractivity contribution in [1.29, 1.82) is 0 Å². The topological polar surface area (TPSA) is 12.0 Å². The quantitative estimate of drug-likeness (QED) is 0.813. The number of halogens is 1. The van der Waals surface area contributed by atoms with E-state index in [1.54, 1.807) is 0 Å². The largest absolute Gasteiger partial charge is 0.309 e. The van der Waals surface area contributed by atoms with Crippen LogP contribution in [0.4, 0.5) is 0 Å². The van der Waals surface area contributed by atoms with Crippen molar-refractivity contribution in [3.63, 3.8) is 0 Å². The summed E-state index contributed by atoms with van der Waals surface area (Å²) >= 11 is 5.53. The molecule has 1 aromatic heterocycles. The molecule has 1 aromatic carbocycles. The van der Waals surface area contributed by atoms with Crippen LogP contribution in [0.3, 0.4) is 0 Å². The van der Waals surface area contributed by atoms with Gasteiger partial charge in [-0.15, -0.1) is 11.3 Å². The van der Waals surface area contributed by atoms with Gasteiger partial charge in [-0.25, -0.2) is 0 Å². The number of thiophene rings is 1. The summed E-state index contributed by atoms with van der Waals surface area (Å²) in [4.78, 5) is 1.45. The predicted molar refractivity (Wildman–Crippen MR) is 85.7 cm³/mol. The normalized spacial score (nSPS) is 23.3. The van der Waals surface area contributed by atoms with E-state index in [4.69, 9.17) is 0 Å². The van der Waals surface area contributed by atoms with Gasteiger partial charge in [-0.2, -0.15) is 0 Å². The molecule has 2 aromatic rings. The molecule has 0 radical (unpaired) electrons. The highest BCUT2D eigenvalue weighted by Crippen LogP contribution is 2.55. The molecule has 19 heavy (non-hydrogen) atoms. The number of rotatable bonds is 5. The first-order valence-electron chi connectivity index (χ1n) is 6.82. The van der Waals surface area contributed by atoms with Crippen molar-refractivity contribution in [3.8, 4) is 0 Å². The van der Waals surface area contributed by atoms with Gasteiger partial charge in [0.1, 0.15) is 0 Å². The van der Waals surface area contributed by atoms with E-state index < -0.39 is 0 Å². The van der Waals surface area contributed by atoms with E-state index in [0.717, 1.165) is 18.4 Å². The number of hydrogen-bond donors (Lipinski definition) is 1. The molecule has 1 saturated carbocycles. The van der Waals surface area contributed by atoms with Gasteiger partial charge in [0.15, 0.2) is 0 Å². The first-order chi connectivity index (χ1) is 9.31. The highest BCUT2D eigenvalue weighted by molar-refractivity contribution is 9.10. The minimum atomic E-state index is 0.490. The molecule has 3 rings (SSSR count). The zero-order valence-corrected chi connectivity index (χ0v) is 13.4. The smallest absolute Gasteiger partial charge is 0.0460 e. The zero-order valence-electron chi connectivity index (χ0n) is 11.0. The summed E-state index contributed by atoms with van der Waals surface area (Å²) < 4.78 is 1.25. The Hall–Kier alpha value is -0.640. The van der Waals surface area contributed by atoms with Crippen LogP contribution in [0, 0.1) is 5.92 Å². The van der Waals surface area contributed by atoms with Gasteiger partial charge in [-0.3, -0.25) is 0 Å². The Labute approximate surface area is 127 Å². The standard InChI is InChI=1S/C16H18BrNS/c1-2-18-15(16-14(17)8-9-19-16)13-10-12(13)11-6-4-3-5-7-11/h3-9,12-13,15,18H,2,10H2,1H3. The highest BCUT2D eigenvalue weighted by Gasteiger charge is 2.44. The summed E-state index contributed by atoms with van der Waals surface area (Å²) in [6.45, 7) is 3.21. The van der Waals surface area contributed by atoms with Crippen LogP contribution in [0.2, 0.25) is 0 Å². The fourth-order valence-corrected chi connectivity index (χ4v) is 4.62. The third-order valence-corrected chi connectivity index (χ3v) is 5.80. The Morgan fingerprint density at radius 3 is 2.74 bits per heavy atom. The van der Waals surface area contributed by atoms with Crippen molar-refractivity contribution in [1.82, 2.24) is 5.32 Å². The molecule has 3 heteroatoms. The first kappa shape index (κ1) is 13.3. The molecular weight excluding hydrogens is 318 g/mol. The Morgan fingerprint density at radius 1 is 1.32 bits per heavy atom. The molecule has 0 amide bonds. The summed E-state index contributed by atoms with van der Waals surface area (Å²) in [6.07, 6.45) is 1.30. The molecule has 0 saturated heterocycles. The van der Waals surface area contributed by atoms with Crippen LogP contribution < -0.4 is 5.32 Å². The average molecular weight is 336 g/mol. The predicted octanol–water partition coefficient (Wildman–Crippen LogP) is 4.96. The summed E-state index contributed by atoms with van der Waals surface area (Å²) in [5.74, 6) is 1.46. The van der Waals surface area contributed by atoms with E-state index in [-0.39, 0.29) is 0 Å². The van der Waals surface area contributed by atoms with Crippen LogP contribution in [0.25, 0.3) is 0 Å². The lowest BCUT2D eigenvalue weighted by Crippen LogP contribution is -2.22. The van der Waals surface area contributed by atoms with Crippen molar-refractivity contribution in [2.24, 2.45) is 5.92 Å². The lowest BCUT2D eigenvalue weighted by atomic mass is 10.0. The van der Waals surface area contributed by atoms with Crippen molar-refractivity contribution >= 4 is 27.3 Å². The van der Waals surface area contributed by atoms with Crippen molar-refractivity contribution in [2.75, 3.05) is 6.54 Å². The van der Waals surface area contributed by atoms with E-state index in [0.29, 0.717) is 6.04 Å². The molecule has 100 valence electrons. The van der Waals surface area contributed by atoms with Crippen LogP contribution in [-0.4, -0.2) is 6.54 Å². The molecule has 0 aliphatic heterocycles. The maximum absolute atomic E-state index is 3.68. The molecule has 3 atom stereocenters.